The van der Waals surface area contributed by atoms with Crippen molar-refractivity contribution in [1.29, 1.82) is 0 Å². The van der Waals surface area contributed by atoms with Gasteiger partial charge in [0.2, 0.25) is 0 Å². The van der Waals surface area contributed by atoms with Crippen molar-refractivity contribution < 1.29 is 8.78 Å². The molecule has 1 aromatic carbocycles. The Hall–Kier alpha value is -1.69. The molecule has 1 aromatic rings. The Labute approximate surface area is 143 Å². The largest absolute Gasteiger partial charge is 0.356 e. The Kier molecular flexibility index (Phi) is 7.43. The number of hydrogen-bond donors (Lipinski definition) is 2. The van der Waals surface area contributed by atoms with Crippen molar-refractivity contribution in [2.75, 3.05) is 33.2 Å². The van der Waals surface area contributed by atoms with Crippen molar-refractivity contribution in [3.8, 4) is 0 Å². The van der Waals surface area contributed by atoms with Gasteiger partial charge in [0.1, 0.15) is 11.6 Å². The monoisotopic (exact) mass is 338 g/mol. The third kappa shape index (κ3) is 6.07. The molecule has 2 rings (SSSR count). The van der Waals surface area contributed by atoms with Crippen LogP contribution in [0.1, 0.15) is 31.7 Å². The molecule has 0 radical (unpaired) electrons. The molecule has 1 heterocycles. The number of halogens is 2. The molecule has 1 saturated heterocycles. The summed E-state index contributed by atoms with van der Waals surface area (Å²) in [6, 6.07) is 3.46. The second-order valence-corrected chi connectivity index (χ2v) is 6.49. The van der Waals surface area contributed by atoms with Crippen LogP contribution in [0.3, 0.4) is 0 Å². The van der Waals surface area contributed by atoms with Crippen LogP contribution in [0.15, 0.2) is 23.2 Å². The maximum absolute atomic E-state index is 13.6. The maximum atomic E-state index is 13.6. The molecular formula is C18H28F2N4. The van der Waals surface area contributed by atoms with Gasteiger partial charge < -0.3 is 15.5 Å². The minimum Gasteiger partial charge on any atom is -0.356 e. The number of hydrogen-bond acceptors (Lipinski definition) is 2. The van der Waals surface area contributed by atoms with E-state index in [1.165, 1.54) is 32.0 Å². The predicted molar refractivity (Wildman–Crippen MR) is 94.0 cm³/mol. The smallest absolute Gasteiger partial charge is 0.191 e. The Morgan fingerprint density at radius 1 is 1.33 bits per heavy atom. The first kappa shape index (κ1) is 18.6. The van der Waals surface area contributed by atoms with E-state index in [-0.39, 0.29) is 6.54 Å². The zero-order valence-electron chi connectivity index (χ0n) is 14.6. The van der Waals surface area contributed by atoms with Gasteiger partial charge in [0.15, 0.2) is 5.96 Å². The fraction of sp³-hybridized carbons (Fsp3) is 0.611. The van der Waals surface area contributed by atoms with E-state index >= 15 is 0 Å². The zero-order valence-corrected chi connectivity index (χ0v) is 14.6. The van der Waals surface area contributed by atoms with Gasteiger partial charge in [0, 0.05) is 32.2 Å². The van der Waals surface area contributed by atoms with Crippen molar-refractivity contribution >= 4 is 5.96 Å². The van der Waals surface area contributed by atoms with E-state index in [1.54, 1.807) is 7.05 Å². The summed E-state index contributed by atoms with van der Waals surface area (Å²) in [5.74, 6) is 0.540. The van der Waals surface area contributed by atoms with Gasteiger partial charge in [-0.1, -0.05) is 6.92 Å². The van der Waals surface area contributed by atoms with Crippen LogP contribution in [0.2, 0.25) is 0 Å². The molecule has 0 amide bonds. The van der Waals surface area contributed by atoms with Crippen molar-refractivity contribution in [2.45, 2.75) is 32.7 Å². The molecule has 4 nitrogen and oxygen atoms in total. The van der Waals surface area contributed by atoms with Crippen LogP contribution in [-0.2, 0) is 6.54 Å². The van der Waals surface area contributed by atoms with Crippen LogP contribution in [0.25, 0.3) is 0 Å². The normalized spacial score (nSPS) is 19.3. The zero-order chi connectivity index (χ0) is 17.4. The summed E-state index contributed by atoms with van der Waals surface area (Å²) in [5, 5.41) is 6.24. The van der Waals surface area contributed by atoms with E-state index in [0.717, 1.165) is 37.6 Å². The van der Waals surface area contributed by atoms with Crippen LogP contribution < -0.4 is 10.6 Å². The molecule has 0 spiro atoms. The van der Waals surface area contributed by atoms with Crippen molar-refractivity contribution in [2.24, 2.45) is 10.9 Å². The molecule has 24 heavy (non-hydrogen) atoms. The fourth-order valence-corrected chi connectivity index (χ4v) is 3.08. The number of aliphatic imine (C=N–C) groups is 1. The third-order valence-corrected chi connectivity index (χ3v) is 4.36. The Balaban J connectivity index is 1.68. The van der Waals surface area contributed by atoms with Gasteiger partial charge in [-0.15, -0.1) is 0 Å². The van der Waals surface area contributed by atoms with E-state index < -0.39 is 11.6 Å². The van der Waals surface area contributed by atoms with Gasteiger partial charge in [-0.25, -0.2) is 8.78 Å². The molecule has 0 aliphatic carbocycles. The quantitative estimate of drug-likeness (QED) is 0.476. The van der Waals surface area contributed by atoms with Gasteiger partial charge in [0.05, 0.1) is 0 Å². The molecule has 1 aliphatic rings. The summed E-state index contributed by atoms with van der Waals surface area (Å²) >= 11 is 0. The minimum atomic E-state index is -0.438. The molecule has 0 bridgehead atoms. The highest BCUT2D eigenvalue weighted by Crippen LogP contribution is 2.15. The second kappa shape index (κ2) is 9.57. The lowest BCUT2D eigenvalue weighted by atomic mass is 10.0. The summed E-state index contributed by atoms with van der Waals surface area (Å²) in [7, 11) is 1.67. The van der Waals surface area contributed by atoms with Gasteiger partial charge in [-0.2, -0.15) is 0 Å². The Morgan fingerprint density at radius 3 is 2.92 bits per heavy atom. The topological polar surface area (TPSA) is 39.7 Å². The number of likely N-dealkylation sites (tertiary alicyclic amines) is 1. The summed E-state index contributed by atoms with van der Waals surface area (Å²) in [6.45, 7) is 6.76. The van der Waals surface area contributed by atoms with Gasteiger partial charge in [-0.05, 0) is 56.5 Å². The summed E-state index contributed by atoms with van der Waals surface area (Å²) < 4.78 is 26.8. The summed E-state index contributed by atoms with van der Waals surface area (Å²) in [4.78, 5) is 6.62. The maximum Gasteiger partial charge on any atom is 0.191 e. The molecule has 134 valence electrons. The van der Waals surface area contributed by atoms with Gasteiger partial charge in [-0.3, -0.25) is 4.99 Å². The molecule has 1 atom stereocenters. The van der Waals surface area contributed by atoms with Crippen LogP contribution >= 0.6 is 0 Å². The first-order valence-corrected chi connectivity index (χ1v) is 8.69. The molecule has 1 aliphatic heterocycles. The highest BCUT2D eigenvalue weighted by atomic mass is 19.1. The number of piperidine rings is 1. The average molecular weight is 338 g/mol. The average Bonchev–Trinajstić information content (AvgIpc) is 2.57. The van der Waals surface area contributed by atoms with E-state index in [2.05, 4.69) is 27.4 Å². The van der Waals surface area contributed by atoms with Crippen LogP contribution in [0, 0.1) is 17.6 Å². The van der Waals surface area contributed by atoms with Crippen molar-refractivity contribution in [3.05, 3.63) is 35.4 Å². The van der Waals surface area contributed by atoms with Gasteiger partial charge in [0.25, 0.3) is 0 Å². The van der Waals surface area contributed by atoms with E-state index in [9.17, 15) is 8.78 Å². The summed E-state index contributed by atoms with van der Waals surface area (Å²) in [5.41, 5.74) is 0.292. The molecule has 1 fully saturated rings. The molecular weight excluding hydrogens is 310 g/mol. The SMILES string of the molecule is CN=C(NCCCN1CCCC(C)C1)NCc1cc(F)ccc1F. The molecule has 2 N–H and O–H groups in total. The molecule has 6 heteroatoms. The molecule has 1 unspecified atom stereocenters. The van der Waals surface area contributed by atoms with Crippen LogP contribution in [0.4, 0.5) is 8.78 Å². The van der Waals surface area contributed by atoms with E-state index in [0.29, 0.717) is 11.5 Å². The highest BCUT2D eigenvalue weighted by Gasteiger charge is 2.15. The standard InChI is InChI=1S/C18H28F2N4/c1-14-5-3-9-24(13-14)10-4-8-22-18(21-2)23-12-15-11-16(19)6-7-17(15)20/h6-7,11,14H,3-5,8-10,12-13H2,1-2H3,(H2,21,22,23). The van der Waals surface area contributed by atoms with Crippen LogP contribution in [0.5, 0.6) is 0 Å². The van der Waals surface area contributed by atoms with Crippen molar-refractivity contribution in [3.63, 3.8) is 0 Å². The van der Waals surface area contributed by atoms with Crippen LogP contribution in [-0.4, -0.2) is 44.1 Å². The number of nitrogens with zero attached hydrogens (tertiary/aromatic N) is 2. The Bertz CT molecular complexity index is 548. The fourth-order valence-electron chi connectivity index (χ4n) is 3.08. The summed E-state index contributed by atoms with van der Waals surface area (Å²) in [6.07, 6.45) is 3.65. The van der Waals surface area contributed by atoms with E-state index in [4.69, 9.17) is 0 Å². The number of nitrogens with one attached hydrogen (secondary N) is 2. The highest BCUT2D eigenvalue weighted by molar-refractivity contribution is 5.79. The number of rotatable bonds is 6. The first-order chi connectivity index (χ1) is 11.6. The third-order valence-electron chi connectivity index (χ3n) is 4.36. The first-order valence-electron chi connectivity index (χ1n) is 8.69. The number of guanidine groups is 1. The van der Waals surface area contributed by atoms with E-state index in [1.807, 2.05) is 0 Å². The molecule has 0 saturated carbocycles. The lowest BCUT2D eigenvalue weighted by molar-refractivity contribution is 0.182. The Morgan fingerprint density at radius 2 is 2.17 bits per heavy atom. The number of benzene rings is 1. The molecule has 0 aromatic heterocycles. The second-order valence-electron chi connectivity index (χ2n) is 6.49. The lowest BCUT2D eigenvalue weighted by Gasteiger charge is -2.30. The van der Waals surface area contributed by atoms with Crippen molar-refractivity contribution in [1.82, 2.24) is 15.5 Å². The minimum absolute atomic E-state index is 0.201. The van der Waals surface area contributed by atoms with Gasteiger partial charge >= 0.3 is 0 Å². The predicted octanol–water partition coefficient (Wildman–Crippen LogP) is 2.75. The lowest BCUT2D eigenvalue weighted by Crippen LogP contribution is -2.40.